The van der Waals surface area contributed by atoms with E-state index in [0.717, 1.165) is 24.1 Å². The second-order valence-electron chi connectivity index (χ2n) is 7.89. The number of fused-ring (bicyclic) bond motifs is 1. The van der Waals surface area contributed by atoms with Crippen molar-refractivity contribution in [2.75, 3.05) is 6.54 Å². The molecule has 158 valence electrons. The van der Waals surface area contributed by atoms with Crippen LogP contribution in [0.25, 0.3) is 0 Å². The van der Waals surface area contributed by atoms with Crippen LogP contribution in [0.5, 0.6) is 0 Å². The van der Waals surface area contributed by atoms with Crippen molar-refractivity contribution in [2.45, 2.75) is 31.5 Å². The average Bonchev–Trinajstić information content (AvgIpc) is 2.80. The summed E-state index contributed by atoms with van der Waals surface area (Å²) in [5.41, 5.74) is 4.25. The van der Waals surface area contributed by atoms with Gasteiger partial charge in [-0.25, -0.2) is 4.79 Å². The summed E-state index contributed by atoms with van der Waals surface area (Å²) < 4.78 is 0. The molecule has 3 aromatic carbocycles. The van der Waals surface area contributed by atoms with E-state index in [9.17, 15) is 14.7 Å². The summed E-state index contributed by atoms with van der Waals surface area (Å²) >= 11 is 0. The Kier molecular flexibility index (Phi) is 6.43. The smallest absolute Gasteiger partial charge is 0.326 e. The first-order valence-electron chi connectivity index (χ1n) is 10.5. The molecule has 0 spiro atoms. The van der Waals surface area contributed by atoms with Crippen LogP contribution in [0.4, 0.5) is 0 Å². The molecule has 1 heterocycles. The van der Waals surface area contributed by atoms with Crippen LogP contribution in [0.15, 0.2) is 84.9 Å². The van der Waals surface area contributed by atoms with Gasteiger partial charge in [0.15, 0.2) is 0 Å². The summed E-state index contributed by atoms with van der Waals surface area (Å²) in [6, 6.07) is 25.7. The SMILES string of the molecule is O=C(O)C(Cc1ccccc1)NC(=O)C(c1ccccc1)N1CCc2ccccc2C1. The minimum atomic E-state index is -1.03. The Bertz CT molecular complexity index is 1040. The molecule has 2 atom stereocenters. The van der Waals surface area contributed by atoms with Gasteiger partial charge in [0.25, 0.3) is 0 Å². The van der Waals surface area contributed by atoms with E-state index in [0.29, 0.717) is 6.54 Å². The molecule has 1 aliphatic rings. The first-order valence-corrected chi connectivity index (χ1v) is 10.5. The van der Waals surface area contributed by atoms with Gasteiger partial charge in [-0.05, 0) is 28.7 Å². The molecule has 31 heavy (non-hydrogen) atoms. The van der Waals surface area contributed by atoms with Gasteiger partial charge in [-0.1, -0.05) is 84.9 Å². The van der Waals surface area contributed by atoms with Gasteiger partial charge in [0.1, 0.15) is 12.1 Å². The van der Waals surface area contributed by atoms with Crippen molar-refractivity contribution in [3.05, 3.63) is 107 Å². The highest BCUT2D eigenvalue weighted by Crippen LogP contribution is 2.28. The van der Waals surface area contributed by atoms with Gasteiger partial charge in [-0.2, -0.15) is 0 Å². The summed E-state index contributed by atoms with van der Waals surface area (Å²) in [6.45, 7) is 1.39. The van der Waals surface area contributed by atoms with E-state index in [-0.39, 0.29) is 12.3 Å². The number of carboxylic acid groups (broad SMARTS) is 1. The van der Waals surface area contributed by atoms with E-state index in [2.05, 4.69) is 22.3 Å². The number of amides is 1. The molecule has 2 N–H and O–H groups in total. The summed E-state index contributed by atoms with van der Waals surface area (Å²) in [6.07, 6.45) is 1.10. The number of hydrogen-bond donors (Lipinski definition) is 2. The Hall–Kier alpha value is -3.44. The molecule has 4 rings (SSSR count). The monoisotopic (exact) mass is 414 g/mol. The van der Waals surface area contributed by atoms with Crippen LogP contribution in [0, 0.1) is 0 Å². The standard InChI is InChI=1S/C26H26N2O3/c29-25(27-23(26(30)31)17-19-9-3-1-4-10-19)24(21-12-5-2-6-13-21)28-16-15-20-11-7-8-14-22(20)18-28/h1-14,23-24H,15-18H2,(H,27,29)(H,30,31). The number of carboxylic acids is 1. The maximum Gasteiger partial charge on any atom is 0.326 e. The summed E-state index contributed by atoms with van der Waals surface area (Å²) in [5, 5.41) is 12.6. The van der Waals surface area contributed by atoms with Crippen molar-refractivity contribution in [3.63, 3.8) is 0 Å². The number of benzene rings is 3. The molecule has 1 amide bonds. The molecule has 0 radical (unpaired) electrons. The van der Waals surface area contributed by atoms with E-state index in [1.54, 1.807) is 0 Å². The number of aliphatic carboxylic acids is 1. The molecule has 0 aromatic heterocycles. The number of hydrogen-bond acceptors (Lipinski definition) is 3. The van der Waals surface area contributed by atoms with Gasteiger partial charge in [0.2, 0.25) is 5.91 Å². The molecule has 5 heteroatoms. The fraction of sp³-hybridized carbons (Fsp3) is 0.231. The number of carbonyl (C=O) groups excluding carboxylic acids is 1. The van der Waals surface area contributed by atoms with Crippen molar-refractivity contribution >= 4 is 11.9 Å². The van der Waals surface area contributed by atoms with Crippen LogP contribution in [0.1, 0.15) is 28.3 Å². The van der Waals surface area contributed by atoms with Gasteiger partial charge < -0.3 is 10.4 Å². The van der Waals surface area contributed by atoms with Crippen molar-refractivity contribution in [1.82, 2.24) is 10.2 Å². The average molecular weight is 415 g/mol. The zero-order chi connectivity index (χ0) is 21.6. The lowest BCUT2D eigenvalue weighted by molar-refractivity contribution is -0.142. The van der Waals surface area contributed by atoms with Crippen molar-refractivity contribution in [3.8, 4) is 0 Å². The van der Waals surface area contributed by atoms with E-state index >= 15 is 0 Å². The third-order valence-corrected chi connectivity index (χ3v) is 5.79. The predicted molar refractivity (Wildman–Crippen MR) is 119 cm³/mol. The maximum absolute atomic E-state index is 13.4. The minimum Gasteiger partial charge on any atom is -0.480 e. The third kappa shape index (κ3) is 5.01. The zero-order valence-electron chi connectivity index (χ0n) is 17.3. The fourth-order valence-electron chi connectivity index (χ4n) is 4.20. The molecule has 1 aliphatic heterocycles. The van der Waals surface area contributed by atoms with Crippen molar-refractivity contribution < 1.29 is 14.7 Å². The van der Waals surface area contributed by atoms with Crippen LogP contribution in [-0.2, 0) is 29.0 Å². The molecular weight excluding hydrogens is 388 g/mol. The number of nitrogens with zero attached hydrogens (tertiary/aromatic N) is 1. The molecule has 0 aliphatic carbocycles. The summed E-state index contributed by atoms with van der Waals surface area (Å²) in [4.78, 5) is 27.5. The molecule has 5 nitrogen and oxygen atoms in total. The predicted octanol–water partition coefficient (Wildman–Crippen LogP) is 3.60. The fourth-order valence-corrected chi connectivity index (χ4v) is 4.20. The Balaban J connectivity index is 1.58. The molecule has 2 unspecified atom stereocenters. The van der Waals surface area contributed by atoms with Crippen LogP contribution in [0.2, 0.25) is 0 Å². The Morgan fingerprint density at radius 3 is 2.16 bits per heavy atom. The molecular formula is C26H26N2O3. The first-order chi connectivity index (χ1) is 15.1. The van der Waals surface area contributed by atoms with Crippen LogP contribution >= 0.6 is 0 Å². The van der Waals surface area contributed by atoms with E-state index in [4.69, 9.17) is 0 Å². The highest BCUT2D eigenvalue weighted by Gasteiger charge is 2.32. The van der Waals surface area contributed by atoms with Crippen molar-refractivity contribution in [2.24, 2.45) is 0 Å². The number of carbonyl (C=O) groups is 2. The minimum absolute atomic E-state index is 0.242. The van der Waals surface area contributed by atoms with Crippen LogP contribution in [-0.4, -0.2) is 34.5 Å². The summed E-state index contributed by atoms with van der Waals surface area (Å²) in [5.74, 6) is -1.32. The van der Waals surface area contributed by atoms with Gasteiger partial charge in [0.05, 0.1) is 0 Å². The Labute approximate surface area is 182 Å². The number of rotatable bonds is 7. The lowest BCUT2D eigenvalue weighted by Gasteiger charge is -2.35. The molecule has 3 aromatic rings. The third-order valence-electron chi connectivity index (χ3n) is 5.79. The topological polar surface area (TPSA) is 69.6 Å². The lowest BCUT2D eigenvalue weighted by Crippen LogP contribution is -2.49. The van der Waals surface area contributed by atoms with Gasteiger partial charge >= 0.3 is 5.97 Å². The Morgan fingerprint density at radius 2 is 1.48 bits per heavy atom. The zero-order valence-corrected chi connectivity index (χ0v) is 17.3. The maximum atomic E-state index is 13.4. The second-order valence-corrected chi connectivity index (χ2v) is 7.89. The Morgan fingerprint density at radius 1 is 0.871 bits per heavy atom. The quantitative estimate of drug-likeness (QED) is 0.620. The molecule has 0 fully saturated rings. The van der Waals surface area contributed by atoms with E-state index < -0.39 is 18.1 Å². The summed E-state index contributed by atoms with van der Waals surface area (Å²) in [7, 11) is 0. The van der Waals surface area contributed by atoms with Crippen LogP contribution < -0.4 is 5.32 Å². The lowest BCUT2D eigenvalue weighted by atomic mass is 9.95. The number of nitrogens with one attached hydrogen (secondary N) is 1. The van der Waals surface area contributed by atoms with Crippen molar-refractivity contribution in [1.29, 1.82) is 0 Å². The largest absolute Gasteiger partial charge is 0.480 e. The molecule has 0 saturated heterocycles. The van der Waals surface area contributed by atoms with E-state index in [1.165, 1.54) is 11.1 Å². The highest BCUT2D eigenvalue weighted by atomic mass is 16.4. The molecule has 0 bridgehead atoms. The van der Waals surface area contributed by atoms with Crippen LogP contribution in [0.3, 0.4) is 0 Å². The second kappa shape index (κ2) is 9.58. The van der Waals surface area contributed by atoms with Gasteiger partial charge in [-0.3, -0.25) is 9.69 Å². The van der Waals surface area contributed by atoms with Gasteiger partial charge in [-0.15, -0.1) is 0 Å². The molecule has 0 saturated carbocycles. The highest BCUT2D eigenvalue weighted by molar-refractivity contribution is 5.88. The normalized spacial score (nSPS) is 15.5. The van der Waals surface area contributed by atoms with E-state index in [1.807, 2.05) is 72.8 Å². The first kappa shape index (κ1) is 20.8. The van der Waals surface area contributed by atoms with Gasteiger partial charge in [0, 0.05) is 19.5 Å².